The van der Waals surface area contributed by atoms with Gasteiger partial charge in [-0.2, -0.15) is 0 Å². The van der Waals surface area contributed by atoms with Crippen LogP contribution in [0.5, 0.6) is 5.75 Å². The van der Waals surface area contributed by atoms with E-state index in [4.69, 9.17) is 15.5 Å². The number of hydrogen-bond donors (Lipinski definition) is 1. The summed E-state index contributed by atoms with van der Waals surface area (Å²) in [5.41, 5.74) is 8.73. The van der Waals surface area contributed by atoms with Crippen molar-refractivity contribution in [3.63, 3.8) is 0 Å². The molecule has 19 heavy (non-hydrogen) atoms. The maximum absolute atomic E-state index is 6.19. The van der Waals surface area contributed by atoms with E-state index < -0.39 is 0 Å². The molecule has 0 saturated heterocycles. The van der Waals surface area contributed by atoms with Gasteiger partial charge in [0.25, 0.3) is 0 Å². The van der Waals surface area contributed by atoms with Crippen molar-refractivity contribution in [3.05, 3.63) is 26.8 Å². The summed E-state index contributed by atoms with van der Waals surface area (Å²) in [4.78, 5) is 4.70. The van der Waals surface area contributed by atoms with Gasteiger partial charge < -0.3 is 10.5 Å². The summed E-state index contributed by atoms with van der Waals surface area (Å²) >= 11 is 7.03. The maximum Gasteiger partial charge on any atom is 0.144 e. The van der Waals surface area contributed by atoms with Gasteiger partial charge in [-0.15, -0.1) is 0 Å². The lowest BCUT2D eigenvalue weighted by Gasteiger charge is -2.13. The lowest BCUT2D eigenvalue weighted by atomic mass is 10.1. The molecule has 0 fully saturated rings. The summed E-state index contributed by atoms with van der Waals surface area (Å²) < 4.78 is 7.20. The average molecular weight is 388 g/mol. The monoisotopic (exact) mass is 386 g/mol. The average Bonchev–Trinajstić information content (AvgIpc) is 2.30. The molecule has 0 aliphatic rings. The molecule has 0 aliphatic carbocycles. The Labute approximate surface area is 129 Å². The summed E-state index contributed by atoms with van der Waals surface area (Å²) in [7, 11) is 1.63. The first kappa shape index (κ1) is 14.6. The van der Waals surface area contributed by atoms with Crippen LogP contribution >= 0.6 is 31.9 Å². The zero-order chi connectivity index (χ0) is 14.2. The highest BCUT2D eigenvalue weighted by Crippen LogP contribution is 2.40. The number of rotatable bonds is 3. The Bertz CT molecular complexity index is 627. The van der Waals surface area contributed by atoms with Crippen LogP contribution in [0.15, 0.2) is 21.1 Å². The fraction of sp³-hybridized carbons (Fsp3) is 0.357. The zero-order valence-electron chi connectivity index (χ0n) is 11.1. The van der Waals surface area contributed by atoms with E-state index in [2.05, 4.69) is 45.7 Å². The van der Waals surface area contributed by atoms with Gasteiger partial charge in [0.2, 0.25) is 0 Å². The fourth-order valence-corrected chi connectivity index (χ4v) is 3.53. The third-order valence-corrected chi connectivity index (χ3v) is 4.04. The first-order valence-electron chi connectivity index (χ1n) is 6.05. The van der Waals surface area contributed by atoms with Gasteiger partial charge in [-0.25, -0.2) is 0 Å². The largest absolute Gasteiger partial charge is 0.495 e. The van der Waals surface area contributed by atoms with Crippen LogP contribution in [0.1, 0.15) is 19.5 Å². The molecule has 0 bridgehead atoms. The summed E-state index contributed by atoms with van der Waals surface area (Å²) in [6, 6.07) is 3.87. The Morgan fingerprint density at radius 1 is 1.26 bits per heavy atom. The summed E-state index contributed by atoms with van der Waals surface area (Å²) in [6.07, 6.45) is 0.908. The summed E-state index contributed by atoms with van der Waals surface area (Å²) in [6.45, 7) is 4.33. The Kier molecular flexibility index (Phi) is 4.36. The molecular formula is C14H16Br2N2O. The van der Waals surface area contributed by atoms with Crippen LogP contribution in [0.25, 0.3) is 10.9 Å². The molecule has 2 aromatic rings. The van der Waals surface area contributed by atoms with E-state index in [1.807, 2.05) is 12.1 Å². The van der Waals surface area contributed by atoms with Crippen molar-refractivity contribution in [2.24, 2.45) is 5.92 Å². The summed E-state index contributed by atoms with van der Waals surface area (Å²) in [5.74, 6) is 1.26. The van der Waals surface area contributed by atoms with Gasteiger partial charge >= 0.3 is 0 Å². The van der Waals surface area contributed by atoms with Crippen molar-refractivity contribution in [1.29, 1.82) is 0 Å². The topological polar surface area (TPSA) is 48.1 Å². The quantitative estimate of drug-likeness (QED) is 0.840. The highest BCUT2D eigenvalue weighted by atomic mass is 79.9. The molecule has 0 aliphatic heterocycles. The standard InChI is InChI=1S/C14H16Br2N2O/c1-7(2)4-8-5-11(17)12-13(18-8)9(15)6-10(16)14(12)19-3/h5-7H,4H2,1-3H3,(H2,17,18). The van der Waals surface area contributed by atoms with Gasteiger partial charge in [0.05, 0.1) is 22.5 Å². The number of nitrogens with two attached hydrogens (primary N) is 1. The SMILES string of the molecule is COc1c(Br)cc(Br)c2nc(CC(C)C)cc(N)c12. The van der Waals surface area contributed by atoms with Gasteiger partial charge in [-0.05, 0) is 56.3 Å². The first-order chi connectivity index (χ1) is 8.93. The molecule has 1 aromatic heterocycles. The first-order valence-corrected chi connectivity index (χ1v) is 7.63. The smallest absolute Gasteiger partial charge is 0.144 e. The van der Waals surface area contributed by atoms with Gasteiger partial charge in [-0.1, -0.05) is 13.8 Å². The molecule has 0 amide bonds. The molecule has 3 nitrogen and oxygen atoms in total. The maximum atomic E-state index is 6.19. The minimum absolute atomic E-state index is 0.542. The number of anilines is 1. The lowest BCUT2D eigenvalue weighted by Crippen LogP contribution is -2.02. The highest BCUT2D eigenvalue weighted by Gasteiger charge is 2.15. The fourth-order valence-electron chi connectivity index (χ4n) is 2.12. The molecule has 0 saturated carbocycles. The number of nitrogens with zero attached hydrogens (tertiary/aromatic N) is 1. The molecule has 2 rings (SSSR count). The second-order valence-electron chi connectivity index (χ2n) is 4.90. The van der Waals surface area contributed by atoms with E-state index in [9.17, 15) is 0 Å². The third kappa shape index (κ3) is 2.87. The molecule has 1 heterocycles. The number of halogens is 2. The lowest BCUT2D eigenvalue weighted by molar-refractivity contribution is 0.417. The molecule has 2 N–H and O–H groups in total. The summed E-state index contributed by atoms with van der Waals surface area (Å²) in [5, 5.41) is 0.844. The van der Waals surface area contributed by atoms with Crippen LogP contribution in [-0.2, 0) is 6.42 Å². The van der Waals surface area contributed by atoms with Gasteiger partial charge in [0.15, 0.2) is 0 Å². The highest BCUT2D eigenvalue weighted by molar-refractivity contribution is 9.11. The minimum Gasteiger partial charge on any atom is -0.495 e. The molecule has 102 valence electrons. The Hall–Kier alpha value is -0.810. The van der Waals surface area contributed by atoms with Crippen LogP contribution in [0, 0.1) is 5.92 Å². The molecule has 0 unspecified atom stereocenters. The van der Waals surface area contributed by atoms with E-state index in [0.29, 0.717) is 11.6 Å². The predicted octanol–water partition coefficient (Wildman–Crippen LogP) is 4.55. The number of aromatic nitrogens is 1. The van der Waals surface area contributed by atoms with Crippen molar-refractivity contribution in [1.82, 2.24) is 4.98 Å². The predicted molar refractivity (Wildman–Crippen MR) is 86.6 cm³/mol. The Morgan fingerprint density at radius 3 is 2.53 bits per heavy atom. The van der Waals surface area contributed by atoms with Crippen LogP contribution < -0.4 is 10.5 Å². The molecule has 0 radical (unpaired) electrons. The van der Waals surface area contributed by atoms with Crippen molar-refractivity contribution >= 4 is 48.5 Å². The number of hydrogen-bond acceptors (Lipinski definition) is 3. The molecule has 1 aromatic carbocycles. The van der Waals surface area contributed by atoms with Crippen LogP contribution in [0.2, 0.25) is 0 Å². The van der Waals surface area contributed by atoms with Gasteiger partial charge in [0, 0.05) is 15.9 Å². The number of nitrogen functional groups attached to an aromatic ring is 1. The van der Waals surface area contributed by atoms with Gasteiger partial charge in [0.1, 0.15) is 5.75 Å². The molecule has 5 heteroatoms. The molecular weight excluding hydrogens is 372 g/mol. The zero-order valence-corrected chi connectivity index (χ0v) is 14.3. The van der Waals surface area contributed by atoms with E-state index in [-0.39, 0.29) is 0 Å². The number of methoxy groups -OCH3 is 1. The van der Waals surface area contributed by atoms with E-state index in [1.54, 1.807) is 7.11 Å². The van der Waals surface area contributed by atoms with Crippen molar-refractivity contribution < 1.29 is 4.74 Å². The number of pyridine rings is 1. The molecule has 0 spiro atoms. The van der Waals surface area contributed by atoms with E-state index in [1.165, 1.54) is 0 Å². The molecule has 0 atom stereocenters. The van der Waals surface area contributed by atoms with E-state index >= 15 is 0 Å². The van der Waals surface area contributed by atoms with Crippen molar-refractivity contribution in [3.8, 4) is 5.75 Å². The number of fused-ring (bicyclic) bond motifs is 1. The number of benzene rings is 1. The van der Waals surface area contributed by atoms with E-state index in [0.717, 1.165) is 37.7 Å². The Morgan fingerprint density at radius 2 is 1.95 bits per heavy atom. The van der Waals surface area contributed by atoms with Gasteiger partial charge in [-0.3, -0.25) is 4.98 Å². The van der Waals surface area contributed by atoms with Crippen molar-refractivity contribution in [2.75, 3.05) is 12.8 Å². The second kappa shape index (κ2) is 5.67. The van der Waals surface area contributed by atoms with Crippen LogP contribution in [-0.4, -0.2) is 12.1 Å². The second-order valence-corrected chi connectivity index (χ2v) is 6.61. The Balaban J connectivity index is 2.75. The van der Waals surface area contributed by atoms with Crippen molar-refractivity contribution in [2.45, 2.75) is 20.3 Å². The van der Waals surface area contributed by atoms with Crippen LogP contribution in [0.3, 0.4) is 0 Å². The number of ether oxygens (including phenoxy) is 1. The third-order valence-electron chi connectivity index (χ3n) is 2.85. The normalized spacial score (nSPS) is 11.3. The van der Waals surface area contributed by atoms with Crippen LogP contribution in [0.4, 0.5) is 5.69 Å². The minimum atomic E-state index is 0.542.